The standard InChI is InChI=1S/C17H15F3N4O2S/c1-11-21-16(24-23-11)15(12-5-3-2-4-6-12)22-13-7-9-14(10-8-13)27(25,26)17(18,19)20/h2-10,15,22H,1H3,(H,21,23,24). The monoisotopic (exact) mass is 396 g/mol. The molecule has 10 heteroatoms. The number of H-pyrrole nitrogens is 1. The fourth-order valence-corrected chi connectivity index (χ4v) is 3.22. The highest BCUT2D eigenvalue weighted by atomic mass is 32.2. The molecule has 6 nitrogen and oxygen atoms in total. The summed E-state index contributed by atoms with van der Waals surface area (Å²) in [7, 11) is -5.38. The number of hydrogen-bond donors (Lipinski definition) is 2. The molecule has 142 valence electrons. The van der Waals surface area contributed by atoms with Crippen LogP contribution in [0.3, 0.4) is 0 Å². The predicted octanol–water partition coefficient (Wildman–Crippen LogP) is 3.61. The molecular formula is C17H15F3N4O2S. The Morgan fingerprint density at radius 1 is 1.04 bits per heavy atom. The number of nitrogens with one attached hydrogen (secondary N) is 2. The molecule has 27 heavy (non-hydrogen) atoms. The van der Waals surface area contributed by atoms with Gasteiger partial charge in [-0.15, -0.1) is 0 Å². The van der Waals surface area contributed by atoms with Crippen LogP contribution in [-0.2, 0) is 9.84 Å². The van der Waals surface area contributed by atoms with Gasteiger partial charge in [0.15, 0.2) is 5.82 Å². The minimum atomic E-state index is -5.38. The number of aromatic amines is 1. The Hall–Kier alpha value is -2.88. The van der Waals surface area contributed by atoms with E-state index < -0.39 is 26.3 Å². The highest BCUT2D eigenvalue weighted by Crippen LogP contribution is 2.31. The third kappa shape index (κ3) is 3.95. The van der Waals surface area contributed by atoms with Gasteiger partial charge in [0.2, 0.25) is 0 Å². The Balaban J connectivity index is 1.91. The zero-order chi connectivity index (χ0) is 19.7. The number of hydrogen-bond acceptors (Lipinski definition) is 5. The van der Waals surface area contributed by atoms with E-state index in [2.05, 4.69) is 20.5 Å². The average Bonchev–Trinajstić information content (AvgIpc) is 3.06. The van der Waals surface area contributed by atoms with E-state index in [0.717, 1.165) is 17.7 Å². The Morgan fingerprint density at radius 3 is 2.19 bits per heavy atom. The van der Waals surface area contributed by atoms with Gasteiger partial charge in [0.05, 0.1) is 4.90 Å². The van der Waals surface area contributed by atoms with Crippen molar-refractivity contribution in [2.75, 3.05) is 5.32 Å². The molecule has 1 atom stereocenters. The van der Waals surface area contributed by atoms with E-state index in [1.807, 2.05) is 30.3 Å². The highest BCUT2D eigenvalue weighted by Gasteiger charge is 2.46. The van der Waals surface area contributed by atoms with Gasteiger partial charge >= 0.3 is 5.51 Å². The van der Waals surface area contributed by atoms with E-state index in [9.17, 15) is 21.6 Å². The normalized spacial score (nSPS) is 13.3. The third-order valence-electron chi connectivity index (χ3n) is 3.79. The van der Waals surface area contributed by atoms with Crippen molar-refractivity contribution in [1.29, 1.82) is 0 Å². The Bertz CT molecular complexity index is 1020. The molecule has 0 spiro atoms. The summed E-state index contributed by atoms with van der Waals surface area (Å²) in [5.74, 6) is 1.06. The van der Waals surface area contributed by atoms with Gasteiger partial charge in [0, 0.05) is 5.69 Å². The maximum atomic E-state index is 12.7. The van der Waals surface area contributed by atoms with Crippen LogP contribution in [0.4, 0.5) is 18.9 Å². The second-order valence-electron chi connectivity index (χ2n) is 5.74. The lowest BCUT2D eigenvalue weighted by atomic mass is 10.1. The molecule has 3 aromatic rings. The summed E-state index contributed by atoms with van der Waals surface area (Å²) in [5.41, 5.74) is -4.08. The fourth-order valence-electron chi connectivity index (χ4n) is 2.46. The first-order valence-electron chi connectivity index (χ1n) is 7.80. The molecule has 1 heterocycles. The lowest BCUT2D eigenvalue weighted by molar-refractivity contribution is -0.0436. The molecule has 1 aromatic heterocycles. The average molecular weight is 396 g/mol. The van der Waals surface area contributed by atoms with Crippen molar-refractivity contribution in [3.05, 3.63) is 71.8 Å². The van der Waals surface area contributed by atoms with E-state index in [1.54, 1.807) is 6.92 Å². The summed E-state index contributed by atoms with van der Waals surface area (Å²) < 4.78 is 60.9. The van der Waals surface area contributed by atoms with Crippen molar-refractivity contribution in [2.24, 2.45) is 0 Å². The van der Waals surface area contributed by atoms with Gasteiger partial charge in [0.1, 0.15) is 11.9 Å². The van der Waals surface area contributed by atoms with E-state index in [4.69, 9.17) is 0 Å². The number of sulfone groups is 1. The van der Waals surface area contributed by atoms with Gasteiger partial charge in [-0.2, -0.15) is 18.3 Å². The van der Waals surface area contributed by atoms with Crippen molar-refractivity contribution in [1.82, 2.24) is 15.2 Å². The van der Waals surface area contributed by atoms with Crippen molar-refractivity contribution < 1.29 is 21.6 Å². The van der Waals surface area contributed by atoms with Gasteiger partial charge < -0.3 is 5.32 Å². The summed E-state index contributed by atoms with van der Waals surface area (Å²) in [4.78, 5) is 3.48. The molecule has 2 N–H and O–H groups in total. The largest absolute Gasteiger partial charge is 0.501 e. The van der Waals surface area contributed by atoms with Crippen molar-refractivity contribution in [2.45, 2.75) is 23.4 Å². The molecule has 0 aliphatic rings. The van der Waals surface area contributed by atoms with Crippen LogP contribution in [0, 0.1) is 6.92 Å². The third-order valence-corrected chi connectivity index (χ3v) is 5.29. The quantitative estimate of drug-likeness (QED) is 0.688. The molecule has 0 amide bonds. The zero-order valence-corrected chi connectivity index (χ0v) is 14.8. The molecular weight excluding hydrogens is 381 g/mol. The SMILES string of the molecule is Cc1nc(C(Nc2ccc(S(=O)(=O)C(F)(F)F)cc2)c2ccccc2)n[nH]1. The minimum Gasteiger partial charge on any atom is -0.371 e. The molecule has 0 bridgehead atoms. The van der Waals surface area contributed by atoms with Crippen molar-refractivity contribution in [3.8, 4) is 0 Å². The van der Waals surface area contributed by atoms with Crippen LogP contribution < -0.4 is 5.32 Å². The lowest BCUT2D eigenvalue weighted by Crippen LogP contribution is -2.23. The first kappa shape index (κ1) is 18.9. The first-order chi connectivity index (χ1) is 12.7. The number of benzene rings is 2. The molecule has 0 radical (unpaired) electrons. The van der Waals surface area contributed by atoms with Gasteiger partial charge in [-0.05, 0) is 36.8 Å². The molecule has 0 aliphatic carbocycles. The van der Waals surface area contributed by atoms with Crippen molar-refractivity contribution in [3.63, 3.8) is 0 Å². The van der Waals surface area contributed by atoms with Gasteiger partial charge in [-0.25, -0.2) is 13.4 Å². The molecule has 0 saturated carbocycles. The van der Waals surface area contributed by atoms with Crippen LogP contribution in [0.2, 0.25) is 0 Å². The number of alkyl halides is 3. The van der Waals surface area contributed by atoms with E-state index >= 15 is 0 Å². The Labute approximate surface area is 153 Å². The summed E-state index contributed by atoms with van der Waals surface area (Å²) in [6.45, 7) is 1.75. The van der Waals surface area contributed by atoms with Crippen LogP contribution in [0.5, 0.6) is 0 Å². The summed E-state index contributed by atoms with van der Waals surface area (Å²) in [6.07, 6.45) is 0. The van der Waals surface area contributed by atoms with Crippen LogP contribution in [-0.4, -0.2) is 29.1 Å². The van der Waals surface area contributed by atoms with Gasteiger partial charge in [-0.1, -0.05) is 30.3 Å². The van der Waals surface area contributed by atoms with E-state index in [1.165, 1.54) is 12.1 Å². The molecule has 3 rings (SSSR count). The number of halogens is 3. The fraction of sp³-hybridized carbons (Fsp3) is 0.176. The maximum Gasteiger partial charge on any atom is 0.501 e. The minimum absolute atomic E-state index is 0.424. The number of nitrogens with zero attached hydrogens (tertiary/aromatic N) is 2. The Kier molecular flexibility index (Phi) is 4.92. The number of aromatic nitrogens is 3. The van der Waals surface area contributed by atoms with Crippen LogP contribution in [0.15, 0.2) is 59.5 Å². The van der Waals surface area contributed by atoms with Crippen LogP contribution in [0.1, 0.15) is 23.3 Å². The molecule has 1 unspecified atom stereocenters. The summed E-state index contributed by atoms with van der Waals surface area (Å²) >= 11 is 0. The zero-order valence-electron chi connectivity index (χ0n) is 14.0. The summed E-state index contributed by atoms with van der Waals surface area (Å²) in [5, 5.41) is 10.0. The molecule has 2 aromatic carbocycles. The second-order valence-corrected chi connectivity index (χ2v) is 7.68. The van der Waals surface area contributed by atoms with E-state index in [0.29, 0.717) is 17.3 Å². The van der Waals surface area contributed by atoms with Crippen molar-refractivity contribution >= 4 is 15.5 Å². The molecule has 0 aliphatic heterocycles. The van der Waals surface area contributed by atoms with E-state index in [-0.39, 0.29) is 0 Å². The number of aryl methyl sites for hydroxylation is 1. The first-order valence-corrected chi connectivity index (χ1v) is 9.28. The Morgan fingerprint density at radius 2 is 1.67 bits per heavy atom. The lowest BCUT2D eigenvalue weighted by Gasteiger charge is -2.18. The number of rotatable bonds is 5. The highest BCUT2D eigenvalue weighted by molar-refractivity contribution is 7.92. The summed E-state index contributed by atoms with van der Waals surface area (Å²) in [6, 6.07) is 13.1. The number of anilines is 1. The predicted molar refractivity (Wildman–Crippen MR) is 92.7 cm³/mol. The van der Waals surface area contributed by atoms with Gasteiger partial charge in [0.25, 0.3) is 9.84 Å². The molecule has 0 fully saturated rings. The topological polar surface area (TPSA) is 87.7 Å². The van der Waals surface area contributed by atoms with Crippen LogP contribution in [0.25, 0.3) is 0 Å². The molecule has 0 saturated heterocycles. The maximum absolute atomic E-state index is 12.7. The van der Waals surface area contributed by atoms with Crippen LogP contribution >= 0.6 is 0 Å². The van der Waals surface area contributed by atoms with Gasteiger partial charge in [-0.3, -0.25) is 5.10 Å². The second kappa shape index (κ2) is 7.03. The smallest absolute Gasteiger partial charge is 0.371 e.